The molecule has 2 heterocycles. The van der Waals surface area contributed by atoms with Crippen LogP contribution < -0.4 is 5.32 Å². The molecule has 1 aromatic carbocycles. The smallest absolute Gasteiger partial charge is 0.317 e. The van der Waals surface area contributed by atoms with E-state index < -0.39 is 17.7 Å². The molecule has 0 saturated carbocycles. The third-order valence-corrected chi connectivity index (χ3v) is 4.85. The molecule has 0 spiro atoms. The average molecular weight is 348 g/mol. The van der Waals surface area contributed by atoms with Gasteiger partial charge < -0.3 is 10.2 Å². The van der Waals surface area contributed by atoms with E-state index in [4.69, 9.17) is 0 Å². The first-order valence-corrected chi connectivity index (χ1v) is 8.44. The number of benzene rings is 1. The van der Waals surface area contributed by atoms with Gasteiger partial charge in [-0.05, 0) is 31.9 Å². The van der Waals surface area contributed by atoms with Crippen molar-refractivity contribution < 1.29 is 13.6 Å². The maximum atomic E-state index is 13.8. The molecular formula is C18H22F2N4O. The van der Waals surface area contributed by atoms with Gasteiger partial charge in [0, 0.05) is 43.5 Å². The highest BCUT2D eigenvalue weighted by Gasteiger charge is 2.26. The van der Waals surface area contributed by atoms with Crippen molar-refractivity contribution in [2.24, 2.45) is 7.05 Å². The van der Waals surface area contributed by atoms with Crippen LogP contribution in [0.25, 0.3) is 0 Å². The van der Waals surface area contributed by atoms with Crippen molar-refractivity contribution in [2.45, 2.75) is 31.7 Å². The van der Waals surface area contributed by atoms with Gasteiger partial charge in [-0.15, -0.1) is 0 Å². The second kappa shape index (κ2) is 7.21. The third kappa shape index (κ3) is 3.65. The van der Waals surface area contributed by atoms with E-state index in [1.54, 1.807) is 18.0 Å². The normalized spacial score (nSPS) is 16.7. The van der Waals surface area contributed by atoms with Crippen molar-refractivity contribution in [2.75, 3.05) is 13.1 Å². The minimum atomic E-state index is -0.912. The SMILES string of the molecule is C[C@H](NC(=O)N1CCC(c2ccnn2C)CC1)c1cccc(F)c1F. The van der Waals surface area contributed by atoms with Gasteiger partial charge in [-0.1, -0.05) is 12.1 Å². The van der Waals surface area contributed by atoms with Crippen molar-refractivity contribution in [3.63, 3.8) is 0 Å². The second-order valence-corrected chi connectivity index (χ2v) is 6.46. The van der Waals surface area contributed by atoms with E-state index in [9.17, 15) is 13.6 Å². The van der Waals surface area contributed by atoms with Crippen molar-refractivity contribution in [1.82, 2.24) is 20.0 Å². The van der Waals surface area contributed by atoms with Gasteiger partial charge in [0.15, 0.2) is 11.6 Å². The Morgan fingerprint density at radius 2 is 2.00 bits per heavy atom. The fraction of sp³-hybridized carbons (Fsp3) is 0.444. The van der Waals surface area contributed by atoms with Crippen molar-refractivity contribution >= 4 is 6.03 Å². The number of hydrogen-bond donors (Lipinski definition) is 1. The maximum Gasteiger partial charge on any atom is 0.317 e. The molecule has 0 bridgehead atoms. The summed E-state index contributed by atoms with van der Waals surface area (Å²) in [5.41, 5.74) is 1.33. The first kappa shape index (κ1) is 17.4. The molecule has 134 valence electrons. The van der Waals surface area contributed by atoms with Gasteiger partial charge in [0.1, 0.15) is 0 Å². The summed E-state index contributed by atoms with van der Waals surface area (Å²) in [4.78, 5) is 14.1. The van der Waals surface area contributed by atoms with E-state index in [1.807, 2.05) is 17.8 Å². The Labute approximate surface area is 145 Å². The lowest BCUT2D eigenvalue weighted by molar-refractivity contribution is 0.177. The predicted octanol–water partition coefficient (Wildman–Crippen LogP) is 3.35. The highest BCUT2D eigenvalue weighted by Crippen LogP contribution is 2.27. The molecule has 1 atom stereocenters. The number of carbonyl (C=O) groups excluding carboxylic acids is 1. The number of nitrogens with one attached hydrogen (secondary N) is 1. The van der Waals surface area contributed by atoms with Crippen LogP contribution in [0, 0.1) is 11.6 Å². The summed E-state index contributed by atoms with van der Waals surface area (Å²) in [6.45, 7) is 2.90. The second-order valence-electron chi connectivity index (χ2n) is 6.46. The lowest BCUT2D eigenvalue weighted by atomic mass is 9.93. The van der Waals surface area contributed by atoms with E-state index in [0.29, 0.717) is 19.0 Å². The van der Waals surface area contributed by atoms with Crippen molar-refractivity contribution in [3.8, 4) is 0 Å². The van der Waals surface area contributed by atoms with Crippen molar-refractivity contribution in [1.29, 1.82) is 0 Å². The lowest BCUT2D eigenvalue weighted by Gasteiger charge is -2.33. The number of aryl methyl sites for hydroxylation is 1. The Morgan fingerprint density at radius 3 is 2.64 bits per heavy atom. The molecule has 25 heavy (non-hydrogen) atoms. The minimum absolute atomic E-state index is 0.151. The molecule has 0 radical (unpaired) electrons. The van der Waals surface area contributed by atoms with Crippen LogP contribution in [0.2, 0.25) is 0 Å². The predicted molar refractivity (Wildman–Crippen MR) is 90.1 cm³/mol. The Kier molecular flexibility index (Phi) is 5.01. The molecule has 1 N–H and O–H groups in total. The zero-order chi connectivity index (χ0) is 18.0. The Morgan fingerprint density at radius 1 is 1.28 bits per heavy atom. The van der Waals surface area contributed by atoms with Crippen LogP contribution in [-0.2, 0) is 7.05 Å². The summed E-state index contributed by atoms with van der Waals surface area (Å²) < 4.78 is 29.0. The van der Waals surface area contributed by atoms with Crippen LogP contribution in [0.4, 0.5) is 13.6 Å². The molecule has 1 aliphatic rings. The largest absolute Gasteiger partial charge is 0.331 e. The topological polar surface area (TPSA) is 50.2 Å². The summed E-state index contributed by atoms with van der Waals surface area (Å²) >= 11 is 0. The molecule has 1 saturated heterocycles. The number of piperidine rings is 1. The average Bonchev–Trinajstić information content (AvgIpc) is 3.03. The van der Waals surface area contributed by atoms with Crippen molar-refractivity contribution in [3.05, 3.63) is 53.4 Å². The van der Waals surface area contributed by atoms with Gasteiger partial charge in [0.05, 0.1) is 6.04 Å². The minimum Gasteiger partial charge on any atom is -0.331 e. The molecule has 5 nitrogen and oxygen atoms in total. The Balaban J connectivity index is 1.58. The molecule has 3 rings (SSSR count). The van der Waals surface area contributed by atoms with Gasteiger partial charge in [-0.25, -0.2) is 13.6 Å². The van der Waals surface area contributed by atoms with Crippen LogP contribution in [0.1, 0.15) is 43.0 Å². The van der Waals surface area contributed by atoms with Gasteiger partial charge in [0.2, 0.25) is 0 Å². The first-order chi connectivity index (χ1) is 12.0. The summed E-state index contributed by atoms with van der Waals surface area (Å²) in [6.07, 6.45) is 3.49. The standard InChI is InChI=1S/C18H22F2N4O/c1-12(14-4-3-5-15(19)17(14)20)22-18(25)24-10-7-13(8-11-24)16-6-9-21-23(16)2/h3-6,9,12-13H,7-8,10-11H2,1-2H3,(H,22,25)/t12-/m0/s1. The zero-order valence-electron chi connectivity index (χ0n) is 14.4. The van der Waals surface area contributed by atoms with E-state index in [1.165, 1.54) is 17.8 Å². The quantitative estimate of drug-likeness (QED) is 0.925. The van der Waals surface area contributed by atoms with E-state index in [2.05, 4.69) is 10.4 Å². The molecule has 7 heteroatoms. The van der Waals surface area contributed by atoms with Crippen LogP contribution in [0.3, 0.4) is 0 Å². The maximum absolute atomic E-state index is 13.8. The summed E-state index contributed by atoms with van der Waals surface area (Å²) in [6, 6.07) is 5.15. The van der Waals surface area contributed by atoms with E-state index >= 15 is 0 Å². The monoisotopic (exact) mass is 348 g/mol. The number of aromatic nitrogens is 2. The summed E-state index contributed by atoms with van der Waals surface area (Å²) in [5, 5.41) is 6.95. The molecule has 1 fully saturated rings. The lowest BCUT2D eigenvalue weighted by Crippen LogP contribution is -2.45. The van der Waals surface area contributed by atoms with Gasteiger partial charge >= 0.3 is 6.03 Å². The van der Waals surface area contributed by atoms with Gasteiger partial charge in [0.25, 0.3) is 0 Å². The zero-order valence-corrected chi connectivity index (χ0v) is 14.4. The van der Waals surface area contributed by atoms with Crippen LogP contribution in [-0.4, -0.2) is 33.8 Å². The number of nitrogens with zero attached hydrogens (tertiary/aromatic N) is 3. The number of likely N-dealkylation sites (tertiary alicyclic amines) is 1. The Hall–Kier alpha value is -2.44. The van der Waals surface area contributed by atoms with Gasteiger partial charge in [-0.3, -0.25) is 4.68 Å². The molecule has 1 aromatic heterocycles. The van der Waals surface area contributed by atoms with E-state index in [-0.39, 0.29) is 11.6 Å². The van der Waals surface area contributed by atoms with Crippen LogP contribution >= 0.6 is 0 Å². The fourth-order valence-electron chi connectivity index (χ4n) is 3.37. The third-order valence-electron chi connectivity index (χ3n) is 4.85. The number of halogens is 2. The number of rotatable bonds is 3. The molecule has 2 amide bonds. The Bertz CT molecular complexity index is 753. The number of carbonyl (C=O) groups is 1. The van der Waals surface area contributed by atoms with Gasteiger partial charge in [-0.2, -0.15) is 5.10 Å². The number of hydrogen-bond acceptors (Lipinski definition) is 2. The van der Waals surface area contributed by atoms with Crippen LogP contribution in [0.15, 0.2) is 30.5 Å². The molecule has 0 aliphatic carbocycles. The van der Waals surface area contributed by atoms with E-state index in [0.717, 1.165) is 18.9 Å². The number of urea groups is 1. The van der Waals surface area contributed by atoms with Crippen LogP contribution in [0.5, 0.6) is 0 Å². The highest BCUT2D eigenvalue weighted by molar-refractivity contribution is 5.74. The number of amides is 2. The molecular weight excluding hydrogens is 326 g/mol. The molecule has 1 aliphatic heterocycles. The first-order valence-electron chi connectivity index (χ1n) is 8.44. The molecule has 0 unspecified atom stereocenters. The summed E-state index contributed by atoms with van der Waals surface area (Å²) in [5.74, 6) is -1.43. The molecule has 2 aromatic rings. The fourth-order valence-corrected chi connectivity index (χ4v) is 3.37. The summed E-state index contributed by atoms with van der Waals surface area (Å²) in [7, 11) is 1.92. The highest BCUT2D eigenvalue weighted by atomic mass is 19.2.